The van der Waals surface area contributed by atoms with Crippen LogP contribution in [0.4, 0.5) is 4.79 Å². The van der Waals surface area contributed by atoms with Gasteiger partial charge in [0.25, 0.3) is 11.8 Å². The van der Waals surface area contributed by atoms with Gasteiger partial charge < -0.3 is 15.0 Å². The van der Waals surface area contributed by atoms with Crippen molar-refractivity contribution >= 4 is 17.8 Å². The number of nitrogens with one attached hydrogen (secondary N) is 2. The lowest BCUT2D eigenvalue weighted by atomic mass is 9.95. The molecule has 1 fully saturated rings. The molecule has 2 N–H and O–H groups in total. The average Bonchev–Trinajstić information content (AvgIpc) is 3.33. The van der Waals surface area contributed by atoms with Crippen LogP contribution in [0.2, 0.25) is 0 Å². The van der Waals surface area contributed by atoms with E-state index >= 15 is 0 Å². The van der Waals surface area contributed by atoms with Crippen molar-refractivity contribution in [1.82, 2.24) is 30.5 Å². The maximum absolute atomic E-state index is 12.9. The number of imide groups is 1. The summed E-state index contributed by atoms with van der Waals surface area (Å²) < 4.78 is 5.19. The van der Waals surface area contributed by atoms with E-state index in [4.69, 9.17) is 4.74 Å². The molecule has 2 aliphatic heterocycles. The number of hydrogen-bond acceptors (Lipinski definition) is 6. The van der Waals surface area contributed by atoms with E-state index in [1.165, 1.54) is 23.0 Å². The van der Waals surface area contributed by atoms with Crippen molar-refractivity contribution in [1.29, 1.82) is 0 Å². The minimum absolute atomic E-state index is 0.0175. The summed E-state index contributed by atoms with van der Waals surface area (Å²) >= 11 is 0. The largest absolute Gasteiger partial charge is 0.497 e. The van der Waals surface area contributed by atoms with Gasteiger partial charge in [0.15, 0.2) is 5.54 Å². The predicted octanol–water partition coefficient (Wildman–Crippen LogP) is 0.558. The number of benzene rings is 1. The third kappa shape index (κ3) is 2.68. The lowest BCUT2D eigenvalue weighted by Crippen LogP contribution is -2.53. The van der Waals surface area contributed by atoms with Crippen molar-refractivity contribution in [3.05, 3.63) is 41.2 Å². The summed E-state index contributed by atoms with van der Waals surface area (Å²) in [7, 11) is 1.53. The van der Waals surface area contributed by atoms with Crippen LogP contribution >= 0.6 is 0 Å². The highest BCUT2D eigenvalue weighted by molar-refractivity contribution is 6.08. The van der Waals surface area contributed by atoms with Gasteiger partial charge in [-0.05, 0) is 31.5 Å². The summed E-state index contributed by atoms with van der Waals surface area (Å²) in [5.74, 6) is -0.219. The number of urea groups is 1. The third-order valence-corrected chi connectivity index (χ3v) is 4.97. The fourth-order valence-corrected chi connectivity index (χ4v) is 3.47. The first-order valence-electron chi connectivity index (χ1n) is 8.86. The van der Waals surface area contributed by atoms with Gasteiger partial charge in [-0.1, -0.05) is 6.07 Å². The lowest BCUT2D eigenvalue weighted by Gasteiger charge is -2.29. The van der Waals surface area contributed by atoms with Crippen LogP contribution in [0.3, 0.4) is 0 Å². The van der Waals surface area contributed by atoms with E-state index in [1.807, 2.05) is 19.9 Å². The number of methoxy groups -OCH3 is 1. The van der Waals surface area contributed by atoms with Crippen LogP contribution < -0.4 is 15.4 Å². The summed E-state index contributed by atoms with van der Waals surface area (Å²) in [6.07, 6.45) is 1.45. The average molecular weight is 384 g/mol. The molecule has 0 radical (unpaired) electrons. The second kappa shape index (κ2) is 6.32. The molecule has 1 aromatic carbocycles. The Labute approximate surface area is 160 Å². The Morgan fingerprint density at radius 1 is 1.29 bits per heavy atom. The second-order valence-corrected chi connectivity index (χ2v) is 7.14. The van der Waals surface area contributed by atoms with Gasteiger partial charge in [0.05, 0.1) is 25.9 Å². The molecule has 4 amide bonds. The van der Waals surface area contributed by atoms with Crippen molar-refractivity contribution < 1.29 is 19.1 Å². The molecule has 146 valence electrons. The van der Waals surface area contributed by atoms with Crippen LogP contribution in [0, 0.1) is 0 Å². The topological polar surface area (TPSA) is 118 Å². The molecule has 2 aliphatic rings. The molecule has 10 heteroatoms. The van der Waals surface area contributed by atoms with E-state index in [0.29, 0.717) is 17.9 Å². The maximum atomic E-state index is 12.9. The summed E-state index contributed by atoms with van der Waals surface area (Å²) in [6, 6.07) is 4.63. The first kappa shape index (κ1) is 18.0. The molecule has 0 spiro atoms. The van der Waals surface area contributed by atoms with Gasteiger partial charge in [-0.25, -0.2) is 4.79 Å². The molecular weight excluding hydrogens is 364 g/mol. The predicted molar refractivity (Wildman–Crippen MR) is 96.5 cm³/mol. The van der Waals surface area contributed by atoms with Crippen LogP contribution in [0.15, 0.2) is 24.4 Å². The Hall–Kier alpha value is -3.43. The Bertz CT molecular complexity index is 984. The Balaban J connectivity index is 1.69. The molecule has 0 unspecified atom stereocenters. The van der Waals surface area contributed by atoms with Crippen molar-refractivity contribution in [2.45, 2.75) is 32.0 Å². The number of rotatable bonds is 5. The Morgan fingerprint density at radius 2 is 2.07 bits per heavy atom. The first-order valence-corrected chi connectivity index (χ1v) is 8.86. The van der Waals surface area contributed by atoms with E-state index < -0.39 is 17.5 Å². The zero-order valence-electron chi connectivity index (χ0n) is 15.7. The van der Waals surface area contributed by atoms with Crippen molar-refractivity contribution in [2.24, 2.45) is 0 Å². The summed E-state index contributed by atoms with van der Waals surface area (Å²) in [4.78, 5) is 40.5. The van der Waals surface area contributed by atoms with Crippen LogP contribution in [-0.4, -0.2) is 51.4 Å². The number of carbonyl (C=O) groups is 3. The fourth-order valence-electron chi connectivity index (χ4n) is 3.47. The number of aromatic nitrogens is 3. The molecule has 1 aromatic heterocycles. The highest BCUT2D eigenvalue weighted by atomic mass is 16.5. The molecule has 1 saturated heterocycles. The molecule has 2 aromatic rings. The molecule has 0 bridgehead atoms. The standard InChI is InChI=1S/C18H20N6O4/c1-10(2)24-19-7-14(22-24)18(16(26)20-17(27)21-18)9-23-8-11-4-5-12(28-3)6-13(11)15(23)25/h4-7,10H,8-9H2,1-3H3,(H2,20,21,26,27)/t18-/m0/s1. The van der Waals surface area contributed by atoms with Gasteiger partial charge in [-0.2, -0.15) is 15.0 Å². The Morgan fingerprint density at radius 3 is 2.68 bits per heavy atom. The van der Waals surface area contributed by atoms with E-state index in [1.54, 1.807) is 12.1 Å². The maximum Gasteiger partial charge on any atom is 0.322 e. The molecular formula is C18H20N6O4. The van der Waals surface area contributed by atoms with E-state index in [0.717, 1.165) is 5.56 Å². The summed E-state index contributed by atoms with van der Waals surface area (Å²) in [5.41, 5.74) is 0.138. The molecule has 1 atom stereocenters. The van der Waals surface area contributed by atoms with Gasteiger partial charge in [-0.15, -0.1) is 0 Å². The highest BCUT2D eigenvalue weighted by Gasteiger charge is 2.52. The minimum Gasteiger partial charge on any atom is -0.497 e. The number of amides is 4. The lowest BCUT2D eigenvalue weighted by molar-refractivity contribution is -0.125. The fraction of sp³-hybridized carbons (Fsp3) is 0.389. The summed E-state index contributed by atoms with van der Waals surface area (Å²) in [6.45, 7) is 4.06. The van der Waals surface area contributed by atoms with Gasteiger partial charge in [0.2, 0.25) is 0 Å². The van der Waals surface area contributed by atoms with Crippen molar-refractivity contribution in [3.8, 4) is 5.75 Å². The van der Waals surface area contributed by atoms with Crippen molar-refractivity contribution in [3.63, 3.8) is 0 Å². The molecule has 10 nitrogen and oxygen atoms in total. The number of hydrogen-bond donors (Lipinski definition) is 2. The van der Waals surface area contributed by atoms with Crippen LogP contribution in [-0.2, 0) is 16.9 Å². The van der Waals surface area contributed by atoms with Crippen molar-refractivity contribution in [2.75, 3.05) is 13.7 Å². The molecule has 0 saturated carbocycles. The monoisotopic (exact) mass is 384 g/mol. The van der Waals surface area contributed by atoms with Gasteiger partial charge >= 0.3 is 6.03 Å². The zero-order valence-corrected chi connectivity index (χ0v) is 15.7. The first-order chi connectivity index (χ1) is 13.3. The van der Waals surface area contributed by atoms with E-state index in [9.17, 15) is 14.4 Å². The SMILES string of the molecule is COc1ccc2c(c1)C(=O)N(C[C@@]1(c3cnn(C(C)C)n3)NC(=O)NC1=O)C2. The van der Waals surface area contributed by atoms with Gasteiger partial charge in [0, 0.05) is 12.1 Å². The molecule has 4 rings (SSSR count). The van der Waals surface area contributed by atoms with Crippen LogP contribution in [0.1, 0.15) is 41.5 Å². The Kier molecular flexibility index (Phi) is 4.06. The zero-order chi connectivity index (χ0) is 20.1. The number of fused-ring (bicyclic) bond motifs is 1. The molecule has 0 aliphatic carbocycles. The van der Waals surface area contributed by atoms with Crippen LogP contribution in [0.25, 0.3) is 0 Å². The quantitative estimate of drug-likeness (QED) is 0.727. The smallest absolute Gasteiger partial charge is 0.322 e. The van der Waals surface area contributed by atoms with E-state index in [-0.39, 0.29) is 24.2 Å². The molecule has 3 heterocycles. The number of carbonyl (C=O) groups excluding carboxylic acids is 3. The van der Waals surface area contributed by atoms with Gasteiger partial charge in [0.1, 0.15) is 11.4 Å². The van der Waals surface area contributed by atoms with Gasteiger partial charge in [-0.3, -0.25) is 14.9 Å². The molecule has 28 heavy (non-hydrogen) atoms. The number of ether oxygens (including phenoxy) is 1. The summed E-state index contributed by atoms with van der Waals surface area (Å²) in [5, 5.41) is 13.4. The second-order valence-electron chi connectivity index (χ2n) is 7.14. The van der Waals surface area contributed by atoms with E-state index in [2.05, 4.69) is 20.8 Å². The number of nitrogens with zero attached hydrogens (tertiary/aromatic N) is 4. The van der Waals surface area contributed by atoms with Crippen LogP contribution in [0.5, 0.6) is 5.75 Å². The normalized spacial score (nSPS) is 21.1. The highest BCUT2D eigenvalue weighted by Crippen LogP contribution is 2.31. The third-order valence-electron chi connectivity index (χ3n) is 4.97. The minimum atomic E-state index is -1.49.